The summed E-state index contributed by atoms with van der Waals surface area (Å²) in [6.45, 7) is 0. The SMILES string of the molecule is [NH2+]=C1C(=NS)C(c2ccccc2)=Cc2c(-c3ccccc3)nc3cc(-c4ccc(-c5nc(-c6ccccc6)nc(-c6ccccc6)n5)cc4)ccc3c21. The molecule has 6 nitrogen and oxygen atoms in total. The number of rotatable bonds is 6. The van der Waals surface area contributed by atoms with Crippen molar-refractivity contribution in [3.05, 3.63) is 180 Å². The lowest BCUT2D eigenvalue weighted by molar-refractivity contribution is -0.109. The summed E-state index contributed by atoms with van der Waals surface area (Å²) < 4.78 is 4.38. The fourth-order valence-corrected chi connectivity index (χ4v) is 7.09. The minimum absolute atomic E-state index is 0.570. The molecule has 2 N–H and O–H groups in total. The Morgan fingerprint density at radius 1 is 0.453 bits per heavy atom. The van der Waals surface area contributed by atoms with Crippen LogP contribution in [-0.2, 0) is 0 Å². The van der Waals surface area contributed by atoms with Gasteiger partial charge < -0.3 is 0 Å². The second kappa shape index (κ2) is 13.7. The van der Waals surface area contributed by atoms with Crippen LogP contribution in [-0.4, -0.2) is 31.4 Å². The normalized spacial score (nSPS) is 13.2. The Morgan fingerprint density at radius 2 is 0.906 bits per heavy atom. The number of aromatic nitrogens is 4. The molecule has 0 fully saturated rings. The van der Waals surface area contributed by atoms with Gasteiger partial charge in [-0.1, -0.05) is 158 Å². The lowest BCUT2D eigenvalue weighted by Crippen LogP contribution is -2.47. The van der Waals surface area contributed by atoms with E-state index in [0.717, 1.165) is 72.2 Å². The Labute approximate surface area is 312 Å². The van der Waals surface area contributed by atoms with Crippen LogP contribution in [0.15, 0.2) is 168 Å². The number of thiol groups is 1. The molecule has 0 aliphatic heterocycles. The van der Waals surface area contributed by atoms with Crippen molar-refractivity contribution >= 4 is 46.8 Å². The van der Waals surface area contributed by atoms with E-state index in [1.54, 1.807) is 0 Å². The maximum absolute atomic E-state index is 7.01. The Balaban J connectivity index is 1.15. The lowest BCUT2D eigenvalue weighted by atomic mass is 9.82. The van der Waals surface area contributed by atoms with Gasteiger partial charge in [0.05, 0.1) is 16.8 Å². The minimum Gasteiger partial charge on any atom is -0.252 e. The van der Waals surface area contributed by atoms with Gasteiger partial charge in [0.2, 0.25) is 5.71 Å². The van der Waals surface area contributed by atoms with Crippen molar-refractivity contribution in [2.75, 3.05) is 0 Å². The zero-order chi connectivity index (χ0) is 35.7. The van der Waals surface area contributed by atoms with Gasteiger partial charge in [-0.15, -0.1) is 0 Å². The number of pyridine rings is 1. The first-order chi connectivity index (χ1) is 26.1. The predicted octanol–water partition coefficient (Wildman–Crippen LogP) is 9.14. The summed E-state index contributed by atoms with van der Waals surface area (Å²) in [4.78, 5) is 19.9. The summed E-state index contributed by atoms with van der Waals surface area (Å²) in [7, 11) is 0. The third kappa shape index (κ3) is 6.03. The Hall–Kier alpha value is -6.83. The molecular formula is C46H31N6S+. The van der Waals surface area contributed by atoms with E-state index in [9.17, 15) is 0 Å². The molecular weight excluding hydrogens is 669 g/mol. The van der Waals surface area contributed by atoms with Crippen molar-refractivity contribution in [2.24, 2.45) is 4.40 Å². The maximum atomic E-state index is 7.01. The van der Waals surface area contributed by atoms with E-state index < -0.39 is 0 Å². The molecule has 0 saturated carbocycles. The van der Waals surface area contributed by atoms with Crippen molar-refractivity contribution in [1.29, 1.82) is 0 Å². The van der Waals surface area contributed by atoms with E-state index in [0.29, 0.717) is 28.9 Å². The van der Waals surface area contributed by atoms with Crippen LogP contribution in [0, 0.1) is 0 Å². The highest BCUT2D eigenvalue weighted by Gasteiger charge is 2.32. The van der Waals surface area contributed by atoms with E-state index >= 15 is 0 Å². The van der Waals surface area contributed by atoms with E-state index in [1.807, 2.05) is 97.1 Å². The Morgan fingerprint density at radius 3 is 1.43 bits per heavy atom. The number of allylic oxidation sites excluding steroid dienone is 1. The summed E-state index contributed by atoms with van der Waals surface area (Å²) in [5.41, 5.74) is 12.5. The van der Waals surface area contributed by atoms with Crippen molar-refractivity contribution in [3.63, 3.8) is 0 Å². The summed E-state index contributed by atoms with van der Waals surface area (Å²) >= 11 is 4.38. The largest absolute Gasteiger partial charge is 0.252 e. The van der Waals surface area contributed by atoms with Crippen LogP contribution in [0.2, 0.25) is 0 Å². The molecule has 2 heterocycles. The smallest absolute Gasteiger partial charge is 0.232 e. The summed E-state index contributed by atoms with van der Waals surface area (Å²) in [5.74, 6) is 1.87. The van der Waals surface area contributed by atoms with Crippen LogP contribution < -0.4 is 5.41 Å². The van der Waals surface area contributed by atoms with Crippen LogP contribution >= 0.6 is 12.8 Å². The van der Waals surface area contributed by atoms with Crippen molar-refractivity contribution in [1.82, 2.24) is 19.9 Å². The predicted molar refractivity (Wildman–Crippen MR) is 219 cm³/mol. The molecule has 0 atom stereocenters. The molecule has 0 amide bonds. The number of hydrogen-bond donors (Lipinski definition) is 2. The number of hydrogen-bond acceptors (Lipinski definition) is 6. The van der Waals surface area contributed by atoms with Crippen LogP contribution in [0.4, 0.5) is 0 Å². The molecule has 250 valence electrons. The topological polar surface area (TPSA) is 89.5 Å². The highest BCUT2D eigenvalue weighted by atomic mass is 32.1. The molecule has 6 aromatic carbocycles. The van der Waals surface area contributed by atoms with Gasteiger partial charge in [-0.05, 0) is 41.6 Å². The van der Waals surface area contributed by atoms with Gasteiger partial charge in [0.15, 0.2) is 23.2 Å². The van der Waals surface area contributed by atoms with Crippen LogP contribution in [0.3, 0.4) is 0 Å². The highest BCUT2D eigenvalue weighted by Crippen LogP contribution is 2.39. The molecule has 0 spiro atoms. The lowest BCUT2D eigenvalue weighted by Gasteiger charge is -2.21. The third-order valence-electron chi connectivity index (χ3n) is 9.50. The fraction of sp³-hybridized carbons (Fsp3) is 0. The number of fused-ring (bicyclic) bond motifs is 3. The number of nitrogens with zero attached hydrogens (tertiary/aromatic N) is 5. The molecule has 2 aromatic heterocycles. The van der Waals surface area contributed by atoms with Gasteiger partial charge in [-0.3, -0.25) is 5.41 Å². The minimum atomic E-state index is 0.570. The molecule has 53 heavy (non-hydrogen) atoms. The first-order valence-electron chi connectivity index (χ1n) is 17.3. The van der Waals surface area contributed by atoms with E-state index in [-0.39, 0.29) is 0 Å². The Kier molecular flexibility index (Phi) is 8.31. The molecule has 1 aliphatic rings. The fourth-order valence-electron chi connectivity index (χ4n) is 6.88. The molecule has 8 aromatic rings. The average molecular weight is 700 g/mol. The van der Waals surface area contributed by atoms with Gasteiger partial charge in [0.25, 0.3) is 0 Å². The molecule has 9 rings (SSSR count). The Bertz CT molecular complexity index is 2650. The van der Waals surface area contributed by atoms with E-state index in [4.69, 9.17) is 25.3 Å². The van der Waals surface area contributed by atoms with Gasteiger partial charge in [0.1, 0.15) is 0 Å². The zero-order valence-electron chi connectivity index (χ0n) is 28.4. The number of benzene rings is 6. The second-order valence-corrected chi connectivity index (χ2v) is 12.9. The van der Waals surface area contributed by atoms with Gasteiger partial charge in [0, 0.05) is 38.8 Å². The second-order valence-electron chi connectivity index (χ2n) is 12.7. The standard InChI is InChI=1S/C46H30N6S/c47-41-40-36-26-25-35(27-39(36)48-42(31-15-7-2-8-16-31)38(40)28-37(43(41)52-53)30-13-5-1-6-14-30)29-21-23-34(24-22-29)46-50-44(32-17-9-3-10-18-32)49-45(51-46)33-19-11-4-12-20-33/h1-28,47,53H/p+1. The van der Waals surface area contributed by atoms with E-state index in [2.05, 4.69) is 90.0 Å². The zero-order valence-corrected chi connectivity index (χ0v) is 29.3. The van der Waals surface area contributed by atoms with Gasteiger partial charge in [-0.25, -0.2) is 24.3 Å². The van der Waals surface area contributed by atoms with Gasteiger partial charge in [-0.2, -0.15) is 0 Å². The molecule has 0 unspecified atom stereocenters. The molecule has 0 bridgehead atoms. The maximum Gasteiger partial charge on any atom is 0.232 e. The molecule has 0 radical (unpaired) electrons. The van der Waals surface area contributed by atoms with Crippen LogP contribution in [0.25, 0.3) is 79.1 Å². The van der Waals surface area contributed by atoms with Gasteiger partial charge >= 0.3 is 0 Å². The summed E-state index contributed by atoms with van der Waals surface area (Å²) in [6.07, 6.45) is 2.14. The molecule has 0 saturated heterocycles. The monoisotopic (exact) mass is 699 g/mol. The first-order valence-corrected chi connectivity index (χ1v) is 17.7. The first kappa shape index (κ1) is 32.1. The van der Waals surface area contributed by atoms with Crippen molar-refractivity contribution in [3.8, 4) is 56.5 Å². The van der Waals surface area contributed by atoms with Crippen molar-refractivity contribution < 1.29 is 5.41 Å². The summed E-state index contributed by atoms with van der Waals surface area (Å²) in [6, 6.07) is 55.0. The quantitative estimate of drug-likeness (QED) is 0.170. The van der Waals surface area contributed by atoms with E-state index in [1.165, 1.54) is 0 Å². The molecule has 1 aliphatic carbocycles. The van der Waals surface area contributed by atoms with Crippen LogP contribution in [0.5, 0.6) is 0 Å². The summed E-state index contributed by atoms with van der Waals surface area (Å²) in [5, 5.41) is 7.96. The average Bonchev–Trinajstić information content (AvgIpc) is 3.24. The highest BCUT2D eigenvalue weighted by molar-refractivity contribution is 7.79. The van der Waals surface area contributed by atoms with Crippen LogP contribution in [0.1, 0.15) is 16.7 Å². The third-order valence-corrected chi connectivity index (χ3v) is 9.70. The number of nitrogens with two attached hydrogens (primary N) is 1. The van der Waals surface area contributed by atoms with Crippen molar-refractivity contribution in [2.45, 2.75) is 0 Å². The molecule has 7 heteroatoms.